The average molecular weight is 440 g/mol. The lowest BCUT2D eigenvalue weighted by molar-refractivity contribution is 0.381. The zero-order chi connectivity index (χ0) is 22.7. The van der Waals surface area contributed by atoms with Crippen LogP contribution in [0.2, 0.25) is 0 Å². The van der Waals surface area contributed by atoms with E-state index in [0.717, 1.165) is 6.92 Å². The molecule has 1 heterocycles. The number of aryl methyl sites for hydroxylation is 1. The van der Waals surface area contributed by atoms with Gasteiger partial charge < -0.3 is 5.73 Å². The predicted molar refractivity (Wildman–Crippen MR) is 83.8 cm³/mol. The normalized spacial score (nSPS) is 11.3. The Bertz CT molecular complexity index is 1070. The first-order valence-corrected chi connectivity index (χ1v) is 7.70. The number of nitrogens with two attached hydrogens (primary N) is 1. The SMILES string of the molecule is Cc1nc(N)c(-c2c(F)c(F)c(F)c(F)c2F)cc1-c1c(F)c(F)c(F)c(F)c1F. The van der Waals surface area contributed by atoms with Crippen LogP contribution in [-0.4, -0.2) is 4.98 Å². The fourth-order valence-electron chi connectivity index (χ4n) is 2.76. The van der Waals surface area contributed by atoms with E-state index in [0.29, 0.717) is 6.07 Å². The third-order valence-corrected chi connectivity index (χ3v) is 4.20. The molecule has 0 unspecified atom stereocenters. The van der Waals surface area contributed by atoms with Gasteiger partial charge in [-0.2, -0.15) is 0 Å². The molecule has 0 radical (unpaired) electrons. The van der Waals surface area contributed by atoms with Crippen molar-refractivity contribution in [1.29, 1.82) is 0 Å². The summed E-state index contributed by atoms with van der Waals surface area (Å²) in [5, 5.41) is 0. The standard InChI is InChI=1S/C18H6F10N2/c1-3-4(6-8(19)12(23)16(27)13(24)9(6)20)2-5(18(29)30-3)7-10(21)14(25)17(28)15(26)11(7)22/h2H,1H3,(H2,29,30). The Kier molecular flexibility index (Phi) is 5.12. The third kappa shape index (κ3) is 2.94. The van der Waals surface area contributed by atoms with Crippen molar-refractivity contribution in [2.45, 2.75) is 6.92 Å². The van der Waals surface area contributed by atoms with Crippen molar-refractivity contribution < 1.29 is 43.9 Å². The van der Waals surface area contributed by atoms with Gasteiger partial charge in [-0.3, -0.25) is 0 Å². The van der Waals surface area contributed by atoms with Crippen molar-refractivity contribution in [1.82, 2.24) is 4.98 Å². The van der Waals surface area contributed by atoms with Gasteiger partial charge in [0.2, 0.25) is 11.6 Å². The summed E-state index contributed by atoms with van der Waals surface area (Å²) < 4.78 is 137. The van der Waals surface area contributed by atoms with Gasteiger partial charge in [0, 0.05) is 16.8 Å². The summed E-state index contributed by atoms with van der Waals surface area (Å²) in [5.74, 6) is -24.4. The van der Waals surface area contributed by atoms with Crippen LogP contribution in [0.4, 0.5) is 49.7 Å². The number of anilines is 1. The lowest BCUT2D eigenvalue weighted by Gasteiger charge is -2.15. The van der Waals surface area contributed by atoms with Gasteiger partial charge >= 0.3 is 0 Å². The molecule has 0 aliphatic rings. The number of benzene rings is 2. The second-order valence-electron chi connectivity index (χ2n) is 5.94. The number of halogens is 10. The summed E-state index contributed by atoms with van der Waals surface area (Å²) in [7, 11) is 0. The first-order chi connectivity index (χ1) is 13.9. The summed E-state index contributed by atoms with van der Waals surface area (Å²) in [6.07, 6.45) is 0. The van der Waals surface area contributed by atoms with E-state index in [2.05, 4.69) is 4.98 Å². The Morgan fingerprint density at radius 1 is 0.533 bits per heavy atom. The molecule has 0 amide bonds. The molecule has 1 aromatic heterocycles. The Labute approximate surface area is 160 Å². The molecule has 2 aromatic carbocycles. The van der Waals surface area contributed by atoms with Crippen LogP contribution in [-0.2, 0) is 0 Å². The lowest BCUT2D eigenvalue weighted by Crippen LogP contribution is -2.09. The molecule has 0 bridgehead atoms. The molecule has 0 spiro atoms. The van der Waals surface area contributed by atoms with E-state index in [-0.39, 0.29) is 0 Å². The number of nitrogen functional groups attached to an aromatic ring is 1. The molecule has 158 valence electrons. The highest BCUT2D eigenvalue weighted by molar-refractivity contribution is 5.82. The molecule has 0 aliphatic carbocycles. The molecule has 0 fully saturated rings. The number of hydrogen-bond acceptors (Lipinski definition) is 2. The van der Waals surface area contributed by atoms with Gasteiger partial charge in [-0.1, -0.05) is 0 Å². The zero-order valence-electron chi connectivity index (χ0n) is 14.4. The Morgan fingerprint density at radius 3 is 1.20 bits per heavy atom. The first-order valence-electron chi connectivity index (χ1n) is 7.70. The van der Waals surface area contributed by atoms with E-state index < -0.39 is 91.9 Å². The highest BCUT2D eigenvalue weighted by Crippen LogP contribution is 2.39. The van der Waals surface area contributed by atoms with E-state index in [1.807, 2.05) is 0 Å². The maximum absolute atomic E-state index is 14.1. The van der Waals surface area contributed by atoms with E-state index in [4.69, 9.17) is 5.73 Å². The monoisotopic (exact) mass is 440 g/mol. The van der Waals surface area contributed by atoms with Gasteiger partial charge in [0.1, 0.15) is 5.82 Å². The molecule has 12 heteroatoms. The fourth-order valence-corrected chi connectivity index (χ4v) is 2.76. The Morgan fingerprint density at radius 2 is 0.833 bits per heavy atom. The number of nitrogens with zero attached hydrogens (tertiary/aromatic N) is 1. The predicted octanol–water partition coefficient (Wildman–Crippen LogP) is 5.70. The number of pyridine rings is 1. The summed E-state index contributed by atoms with van der Waals surface area (Å²) in [4.78, 5) is 3.49. The minimum atomic E-state index is -2.48. The maximum Gasteiger partial charge on any atom is 0.200 e. The Hall–Kier alpha value is -3.31. The van der Waals surface area contributed by atoms with Crippen molar-refractivity contribution in [3.8, 4) is 22.3 Å². The molecule has 0 aliphatic heterocycles. The van der Waals surface area contributed by atoms with E-state index in [1.165, 1.54) is 0 Å². The quantitative estimate of drug-likeness (QED) is 0.316. The smallest absolute Gasteiger partial charge is 0.200 e. The third-order valence-electron chi connectivity index (χ3n) is 4.20. The van der Waals surface area contributed by atoms with E-state index in [9.17, 15) is 43.9 Å². The first kappa shape index (κ1) is 21.4. The van der Waals surface area contributed by atoms with Crippen LogP contribution in [0.25, 0.3) is 22.3 Å². The van der Waals surface area contributed by atoms with Gasteiger partial charge in [0.15, 0.2) is 46.5 Å². The van der Waals surface area contributed by atoms with Crippen LogP contribution in [0.5, 0.6) is 0 Å². The van der Waals surface area contributed by atoms with Crippen molar-refractivity contribution in [2.24, 2.45) is 0 Å². The molecule has 2 N–H and O–H groups in total. The topological polar surface area (TPSA) is 38.9 Å². The van der Waals surface area contributed by atoms with Gasteiger partial charge in [0.25, 0.3) is 0 Å². The van der Waals surface area contributed by atoms with Gasteiger partial charge in [0.05, 0.1) is 11.1 Å². The van der Waals surface area contributed by atoms with E-state index >= 15 is 0 Å². The second-order valence-corrected chi connectivity index (χ2v) is 5.94. The zero-order valence-corrected chi connectivity index (χ0v) is 14.4. The van der Waals surface area contributed by atoms with Crippen LogP contribution >= 0.6 is 0 Å². The van der Waals surface area contributed by atoms with Crippen LogP contribution in [0.1, 0.15) is 5.69 Å². The lowest BCUT2D eigenvalue weighted by atomic mass is 9.96. The summed E-state index contributed by atoms with van der Waals surface area (Å²) >= 11 is 0. The fraction of sp³-hybridized carbons (Fsp3) is 0.0556. The van der Waals surface area contributed by atoms with Crippen molar-refractivity contribution in [3.05, 3.63) is 69.9 Å². The second kappa shape index (κ2) is 7.18. The van der Waals surface area contributed by atoms with E-state index in [1.54, 1.807) is 0 Å². The molecular formula is C18H6F10N2. The molecule has 30 heavy (non-hydrogen) atoms. The molecule has 3 aromatic rings. The van der Waals surface area contributed by atoms with Crippen molar-refractivity contribution >= 4 is 5.82 Å². The molecule has 2 nitrogen and oxygen atoms in total. The molecular weight excluding hydrogens is 434 g/mol. The van der Waals surface area contributed by atoms with Gasteiger partial charge in [-0.05, 0) is 13.0 Å². The summed E-state index contributed by atoms with van der Waals surface area (Å²) in [6, 6.07) is 0.411. The minimum absolute atomic E-state index is 0.411. The van der Waals surface area contributed by atoms with Crippen LogP contribution in [0.3, 0.4) is 0 Å². The summed E-state index contributed by atoms with van der Waals surface area (Å²) in [5.41, 5.74) is -0.0195. The maximum atomic E-state index is 14.1. The van der Waals surface area contributed by atoms with Crippen molar-refractivity contribution in [2.75, 3.05) is 5.73 Å². The average Bonchev–Trinajstić information content (AvgIpc) is 2.70. The highest BCUT2D eigenvalue weighted by atomic mass is 19.2. The number of rotatable bonds is 2. The highest BCUT2D eigenvalue weighted by Gasteiger charge is 2.31. The molecule has 0 atom stereocenters. The molecule has 0 saturated heterocycles. The number of aromatic nitrogens is 1. The van der Waals surface area contributed by atoms with Gasteiger partial charge in [-0.25, -0.2) is 48.9 Å². The minimum Gasteiger partial charge on any atom is -0.383 e. The molecule has 0 saturated carbocycles. The Balaban J connectivity index is 2.44. The van der Waals surface area contributed by atoms with Crippen LogP contribution < -0.4 is 5.73 Å². The van der Waals surface area contributed by atoms with Crippen molar-refractivity contribution in [3.63, 3.8) is 0 Å². The van der Waals surface area contributed by atoms with Gasteiger partial charge in [-0.15, -0.1) is 0 Å². The van der Waals surface area contributed by atoms with Crippen LogP contribution in [0, 0.1) is 65.1 Å². The largest absolute Gasteiger partial charge is 0.383 e. The number of hydrogen-bond donors (Lipinski definition) is 1. The summed E-state index contributed by atoms with van der Waals surface area (Å²) in [6.45, 7) is 1.01. The molecule has 3 rings (SSSR count). The van der Waals surface area contributed by atoms with Crippen LogP contribution in [0.15, 0.2) is 6.07 Å².